The zero-order valence-electron chi connectivity index (χ0n) is 11.7. The lowest BCUT2D eigenvalue weighted by Gasteiger charge is -2.05. The van der Waals surface area contributed by atoms with Crippen LogP contribution in [-0.2, 0) is 4.79 Å². The quantitative estimate of drug-likeness (QED) is 0.890. The summed E-state index contributed by atoms with van der Waals surface area (Å²) in [7, 11) is 0. The number of aromatic nitrogens is 1. The number of carbonyl (C=O) groups is 2. The van der Waals surface area contributed by atoms with E-state index in [4.69, 9.17) is 4.74 Å². The minimum absolute atomic E-state index is 0.220. The van der Waals surface area contributed by atoms with Crippen LogP contribution in [0, 0.1) is 0 Å². The number of benzene rings is 1. The first-order valence-corrected chi connectivity index (χ1v) is 7.23. The van der Waals surface area contributed by atoms with Crippen molar-refractivity contribution in [1.82, 2.24) is 4.98 Å². The first-order chi connectivity index (χ1) is 10.1. The lowest BCUT2D eigenvalue weighted by Crippen LogP contribution is -2.13. The molecule has 2 aromatic rings. The van der Waals surface area contributed by atoms with Crippen LogP contribution in [0.3, 0.4) is 0 Å². The molecule has 110 valence electrons. The molecular formula is C14H15N3O3S. The van der Waals surface area contributed by atoms with Crippen molar-refractivity contribution in [2.75, 3.05) is 17.2 Å². The summed E-state index contributed by atoms with van der Waals surface area (Å²) >= 11 is 1.20. The van der Waals surface area contributed by atoms with Crippen molar-refractivity contribution in [2.45, 2.75) is 13.8 Å². The van der Waals surface area contributed by atoms with E-state index in [-0.39, 0.29) is 17.5 Å². The van der Waals surface area contributed by atoms with Gasteiger partial charge in [0.2, 0.25) is 5.91 Å². The van der Waals surface area contributed by atoms with Crippen molar-refractivity contribution in [2.24, 2.45) is 0 Å². The second kappa shape index (κ2) is 6.85. The number of nitrogens with zero attached hydrogens (tertiary/aromatic N) is 1. The van der Waals surface area contributed by atoms with Crippen molar-refractivity contribution in [1.29, 1.82) is 0 Å². The summed E-state index contributed by atoms with van der Waals surface area (Å²) in [6, 6.07) is 7.07. The smallest absolute Gasteiger partial charge is 0.275 e. The van der Waals surface area contributed by atoms with Gasteiger partial charge >= 0.3 is 0 Å². The highest BCUT2D eigenvalue weighted by Crippen LogP contribution is 2.19. The van der Waals surface area contributed by atoms with Gasteiger partial charge < -0.3 is 15.4 Å². The van der Waals surface area contributed by atoms with E-state index in [0.29, 0.717) is 17.4 Å². The van der Waals surface area contributed by atoms with Crippen LogP contribution in [0.4, 0.5) is 10.8 Å². The van der Waals surface area contributed by atoms with Gasteiger partial charge in [0, 0.05) is 18.0 Å². The Bertz CT molecular complexity index is 637. The molecule has 0 atom stereocenters. The lowest BCUT2D eigenvalue weighted by molar-refractivity contribution is -0.114. The van der Waals surface area contributed by atoms with Gasteiger partial charge in [0.15, 0.2) is 5.13 Å². The van der Waals surface area contributed by atoms with E-state index in [0.717, 1.165) is 5.75 Å². The highest BCUT2D eigenvalue weighted by molar-refractivity contribution is 7.14. The molecule has 2 amide bonds. The first-order valence-electron chi connectivity index (χ1n) is 6.36. The molecule has 1 aromatic heterocycles. The third-order valence-corrected chi connectivity index (χ3v) is 3.20. The molecule has 0 fully saturated rings. The van der Waals surface area contributed by atoms with Crippen molar-refractivity contribution in [3.8, 4) is 5.75 Å². The Morgan fingerprint density at radius 2 is 1.95 bits per heavy atom. The molecule has 0 bridgehead atoms. The molecule has 1 heterocycles. The molecule has 7 heteroatoms. The highest BCUT2D eigenvalue weighted by Gasteiger charge is 2.11. The summed E-state index contributed by atoms with van der Waals surface area (Å²) in [5, 5.41) is 7.26. The van der Waals surface area contributed by atoms with E-state index < -0.39 is 0 Å². The van der Waals surface area contributed by atoms with Crippen LogP contribution in [0.25, 0.3) is 0 Å². The second-order valence-electron chi connectivity index (χ2n) is 4.13. The van der Waals surface area contributed by atoms with Crippen molar-refractivity contribution in [3.05, 3.63) is 35.3 Å². The largest absolute Gasteiger partial charge is 0.494 e. The van der Waals surface area contributed by atoms with Gasteiger partial charge in [-0.25, -0.2) is 4.98 Å². The maximum Gasteiger partial charge on any atom is 0.275 e. The lowest BCUT2D eigenvalue weighted by atomic mass is 10.3. The minimum Gasteiger partial charge on any atom is -0.494 e. The predicted octanol–water partition coefficient (Wildman–Crippen LogP) is 2.75. The van der Waals surface area contributed by atoms with Crippen LogP contribution in [0.1, 0.15) is 24.3 Å². The van der Waals surface area contributed by atoms with Crippen LogP contribution in [-0.4, -0.2) is 23.4 Å². The van der Waals surface area contributed by atoms with E-state index in [1.807, 2.05) is 6.92 Å². The van der Waals surface area contributed by atoms with Crippen LogP contribution < -0.4 is 15.4 Å². The van der Waals surface area contributed by atoms with E-state index in [1.54, 1.807) is 29.6 Å². The molecule has 0 saturated carbocycles. The van der Waals surface area contributed by atoms with Crippen LogP contribution in [0.15, 0.2) is 29.6 Å². The monoisotopic (exact) mass is 305 g/mol. The summed E-state index contributed by atoms with van der Waals surface area (Å²) in [5.41, 5.74) is 0.912. The Hall–Kier alpha value is -2.41. The van der Waals surface area contributed by atoms with Gasteiger partial charge in [-0.05, 0) is 31.2 Å². The Morgan fingerprint density at radius 1 is 1.24 bits per heavy atom. The van der Waals surface area contributed by atoms with Gasteiger partial charge in [0.25, 0.3) is 5.91 Å². The van der Waals surface area contributed by atoms with E-state index in [9.17, 15) is 9.59 Å². The maximum absolute atomic E-state index is 12.0. The zero-order chi connectivity index (χ0) is 15.2. The average Bonchev–Trinajstić information content (AvgIpc) is 2.89. The minimum atomic E-state index is -0.327. The topological polar surface area (TPSA) is 80.3 Å². The SMILES string of the molecule is CCOc1ccc(NC(=O)c2csc(NC(C)=O)n2)cc1. The van der Waals surface area contributed by atoms with Crippen molar-refractivity contribution < 1.29 is 14.3 Å². The molecule has 0 aliphatic carbocycles. The number of carbonyl (C=O) groups excluding carboxylic acids is 2. The van der Waals surface area contributed by atoms with E-state index in [2.05, 4.69) is 15.6 Å². The summed E-state index contributed by atoms with van der Waals surface area (Å²) < 4.78 is 5.33. The number of ether oxygens (including phenoxy) is 1. The average molecular weight is 305 g/mol. The number of anilines is 2. The molecule has 0 radical (unpaired) electrons. The standard InChI is InChI=1S/C14H15N3O3S/c1-3-20-11-6-4-10(5-7-11)16-13(19)12-8-21-14(17-12)15-9(2)18/h4-8H,3H2,1-2H3,(H,16,19)(H,15,17,18). The first kappa shape index (κ1) is 15.0. The normalized spacial score (nSPS) is 10.0. The molecule has 6 nitrogen and oxygen atoms in total. The molecule has 2 rings (SSSR count). The molecule has 0 saturated heterocycles. The van der Waals surface area contributed by atoms with Crippen molar-refractivity contribution in [3.63, 3.8) is 0 Å². The number of thiazole rings is 1. The molecule has 1 aromatic carbocycles. The third-order valence-electron chi connectivity index (χ3n) is 2.44. The van der Waals surface area contributed by atoms with Gasteiger partial charge in [-0.1, -0.05) is 0 Å². The van der Waals surface area contributed by atoms with E-state index in [1.165, 1.54) is 18.3 Å². The van der Waals surface area contributed by atoms with Gasteiger partial charge in [0.05, 0.1) is 6.61 Å². The molecule has 21 heavy (non-hydrogen) atoms. The predicted molar refractivity (Wildman–Crippen MR) is 82.0 cm³/mol. The molecule has 2 N–H and O–H groups in total. The third kappa shape index (κ3) is 4.28. The fraction of sp³-hybridized carbons (Fsp3) is 0.214. The fourth-order valence-electron chi connectivity index (χ4n) is 1.58. The van der Waals surface area contributed by atoms with Gasteiger partial charge in [-0.15, -0.1) is 11.3 Å². The fourth-order valence-corrected chi connectivity index (χ4v) is 2.32. The summed E-state index contributed by atoms with van der Waals surface area (Å²) in [6.07, 6.45) is 0. The Labute approximate surface area is 126 Å². The maximum atomic E-state index is 12.0. The van der Waals surface area contributed by atoms with Gasteiger partial charge in [-0.2, -0.15) is 0 Å². The number of hydrogen-bond donors (Lipinski definition) is 2. The number of rotatable bonds is 5. The number of amides is 2. The highest BCUT2D eigenvalue weighted by atomic mass is 32.1. The number of nitrogens with one attached hydrogen (secondary N) is 2. The van der Waals surface area contributed by atoms with Crippen LogP contribution >= 0.6 is 11.3 Å². The molecule has 0 unspecified atom stereocenters. The molecule has 0 aliphatic heterocycles. The van der Waals surface area contributed by atoms with Crippen LogP contribution in [0.2, 0.25) is 0 Å². The van der Waals surface area contributed by atoms with Crippen LogP contribution in [0.5, 0.6) is 5.75 Å². The zero-order valence-corrected chi connectivity index (χ0v) is 12.5. The number of hydrogen-bond acceptors (Lipinski definition) is 5. The summed E-state index contributed by atoms with van der Waals surface area (Å²) in [4.78, 5) is 27.0. The van der Waals surface area contributed by atoms with E-state index >= 15 is 0 Å². The Morgan fingerprint density at radius 3 is 2.57 bits per heavy atom. The molecular weight excluding hydrogens is 290 g/mol. The Balaban J connectivity index is 2.00. The summed E-state index contributed by atoms with van der Waals surface area (Å²) in [6.45, 7) is 3.89. The van der Waals surface area contributed by atoms with Gasteiger partial charge in [-0.3, -0.25) is 9.59 Å². The Kier molecular flexibility index (Phi) is 4.89. The molecule has 0 aliphatic rings. The second-order valence-corrected chi connectivity index (χ2v) is 4.99. The van der Waals surface area contributed by atoms with Crippen molar-refractivity contribution >= 4 is 34.0 Å². The van der Waals surface area contributed by atoms with Gasteiger partial charge in [0.1, 0.15) is 11.4 Å². The summed E-state index contributed by atoms with van der Waals surface area (Å²) in [5.74, 6) is 0.201. The molecule has 0 spiro atoms.